The summed E-state index contributed by atoms with van der Waals surface area (Å²) < 4.78 is 1.40. The van der Waals surface area contributed by atoms with E-state index in [1.54, 1.807) is 6.92 Å². The van der Waals surface area contributed by atoms with E-state index in [1.165, 1.54) is 16.9 Å². The number of aldehydes is 1. The number of hydrogen-bond acceptors (Lipinski definition) is 4. The van der Waals surface area contributed by atoms with Crippen molar-refractivity contribution in [3.05, 3.63) is 33.8 Å². The standard InChI is InChI=1S/C9H6Cl2N4O/c1-5-6(4-16)3-12-15(5)9-13-7(10)2-8(11)14-9/h2-4H,1H3. The van der Waals surface area contributed by atoms with E-state index >= 15 is 0 Å². The van der Waals surface area contributed by atoms with Gasteiger partial charge in [0.1, 0.15) is 10.3 Å². The summed E-state index contributed by atoms with van der Waals surface area (Å²) in [6.07, 6.45) is 2.14. The number of carbonyl (C=O) groups excluding carboxylic acids is 1. The number of rotatable bonds is 2. The second-order valence-electron chi connectivity index (χ2n) is 3.03. The molecule has 0 aliphatic carbocycles. The number of aromatic nitrogens is 4. The number of nitrogens with zero attached hydrogens (tertiary/aromatic N) is 4. The molecule has 16 heavy (non-hydrogen) atoms. The average Bonchev–Trinajstić information content (AvgIpc) is 2.58. The monoisotopic (exact) mass is 256 g/mol. The van der Waals surface area contributed by atoms with Crippen LogP contribution in [0.15, 0.2) is 12.3 Å². The number of hydrogen-bond donors (Lipinski definition) is 0. The lowest BCUT2D eigenvalue weighted by atomic mass is 10.3. The summed E-state index contributed by atoms with van der Waals surface area (Å²) in [5.74, 6) is 0.239. The van der Waals surface area contributed by atoms with E-state index in [2.05, 4.69) is 15.1 Å². The highest BCUT2D eigenvalue weighted by molar-refractivity contribution is 6.33. The van der Waals surface area contributed by atoms with Crippen LogP contribution >= 0.6 is 23.2 Å². The van der Waals surface area contributed by atoms with Crippen molar-refractivity contribution in [1.82, 2.24) is 19.7 Å². The van der Waals surface area contributed by atoms with Crippen LogP contribution in [0.25, 0.3) is 5.95 Å². The predicted octanol–water partition coefficient (Wildman–Crippen LogP) is 2.09. The fourth-order valence-electron chi connectivity index (χ4n) is 1.21. The summed E-state index contributed by atoms with van der Waals surface area (Å²) in [6, 6.07) is 1.42. The molecule has 0 aliphatic heterocycles. The topological polar surface area (TPSA) is 60.7 Å². The van der Waals surface area contributed by atoms with Crippen molar-refractivity contribution in [1.29, 1.82) is 0 Å². The molecule has 0 amide bonds. The molecule has 0 bridgehead atoms. The summed E-state index contributed by atoms with van der Waals surface area (Å²) in [6.45, 7) is 1.73. The summed E-state index contributed by atoms with van der Waals surface area (Å²) >= 11 is 11.5. The summed E-state index contributed by atoms with van der Waals surface area (Å²) in [4.78, 5) is 18.6. The molecule has 0 N–H and O–H groups in total. The SMILES string of the molecule is Cc1c(C=O)cnn1-c1nc(Cl)cc(Cl)n1. The molecule has 0 saturated carbocycles. The molecule has 7 heteroatoms. The lowest BCUT2D eigenvalue weighted by Gasteiger charge is -2.03. The Hall–Kier alpha value is -1.46. The molecule has 5 nitrogen and oxygen atoms in total. The van der Waals surface area contributed by atoms with Crippen LogP contribution in [0.5, 0.6) is 0 Å². The molecule has 2 heterocycles. The molecule has 82 valence electrons. The molecule has 2 rings (SSSR count). The minimum atomic E-state index is 0.220. The van der Waals surface area contributed by atoms with Gasteiger partial charge in [-0.05, 0) is 6.92 Å². The third-order valence-corrected chi connectivity index (χ3v) is 2.40. The summed E-state index contributed by atoms with van der Waals surface area (Å²) in [5.41, 5.74) is 1.10. The van der Waals surface area contributed by atoms with E-state index in [0.717, 1.165) is 0 Å². The first-order valence-corrected chi connectivity index (χ1v) is 5.07. The van der Waals surface area contributed by atoms with Crippen LogP contribution in [-0.4, -0.2) is 26.0 Å². The van der Waals surface area contributed by atoms with Gasteiger partial charge in [0.25, 0.3) is 5.95 Å². The highest BCUT2D eigenvalue weighted by atomic mass is 35.5. The van der Waals surface area contributed by atoms with Gasteiger partial charge < -0.3 is 0 Å². The largest absolute Gasteiger partial charge is 0.298 e. The Labute approximate surface area is 101 Å². The van der Waals surface area contributed by atoms with Crippen LogP contribution in [0.1, 0.15) is 16.1 Å². The van der Waals surface area contributed by atoms with Crippen LogP contribution in [0.3, 0.4) is 0 Å². The van der Waals surface area contributed by atoms with Crippen LogP contribution in [0, 0.1) is 6.92 Å². The quantitative estimate of drug-likeness (QED) is 0.610. The van der Waals surface area contributed by atoms with Gasteiger partial charge in [-0.1, -0.05) is 23.2 Å². The molecule has 0 fully saturated rings. The first-order chi connectivity index (χ1) is 7.61. The minimum Gasteiger partial charge on any atom is -0.298 e. The molecule has 0 aliphatic rings. The van der Waals surface area contributed by atoms with E-state index in [4.69, 9.17) is 23.2 Å². The smallest absolute Gasteiger partial charge is 0.253 e. The molecular formula is C9H6Cl2N4O. The van der Waals surface area contributed by atoms with Crippen molar-refractivity contribution in [3.8, 4) is 5.95 Å². The van der Waals surface area contributed by atoms with Crippen molar-refractivity contribution < 1.29 is 4.79 Å². The van der Waals surface area contributed by atoms with Crippen LogP contribution in [-0.2, 0) is 0 Å². The van der Waals surface area contributed by atoms with Crippen LogP contribution in [0.2, 0.25) is 10.3 Å². The second kappa shape index (κ2) is 4.19. The molecule has 2 aromatic heterocycles. The Morgan fingerprint density at radius 3 is 2.44 bits per heavy atom. The van der Waals surface area contributed by atoms with Crippen molar-refractivity contribution in [3.63, 3.8) is 0 Å². The maximum absolute atomic E-state index is 10.7. The lowest BCUT2D eigenvalue weighted by molar-refractivity contribution is 0.112. The molecule has 0 atom stereocenters. The Balaban J connectivity index is 2.58. The maximum Gasteiger partial charge on any atom is 0.253 e. The summed E-state index contributed by atoms with van der Waals surface area (Å²) in [5, 5.41) is 4.42. The second-order valence-corrected chi connectivity index (χ2v) is 3.80. The Bertz CT molecular complexity index is 532. The zero-order valence-electron chi connectivity index (χ0n) is 8.19. The van der Waals surface area contributed by atoms with Crippen molar-refractivity contribution in [2.75, 3.05) is 0 Å². The normalized spacial score (nSPS) is 10.4. The van der Waals surface area contributed by atoms with Gasteiger partial charge in [-0.3, -0.25) is 4.79 Å². The third kappa shape index (κ3) is 1.91. The zero-order chi connectivity index (χ0) is 11.7. The van der Waals surface area contributed by atoms with E-state index < -0.39 is 0 Å². The van der Waals surface area contributed by atoms with E-state index in [0.29, 0.717) is 17.5 Å². The van der Waals surface area contributed by atoms with Gasteiger partial charge >= 0.3 is 0 Å². The highest BCUT2D eigenvalue weighted by Gasteiger charge is 2.10. The van der Waals surface area contributed by atoms with E-state index in [-0.39, 0.29) is 16.3 Å². The van der Waals surface area contributed by atoms with Crippen LogP contribution in [0.4, 0.5) is 0 Å². The first-order valence-electron chi connectivity index (χ1n) is 4.32. The van der Waals surface area contributed by atoms with Crippen LogP contribution < -0.4 is 0 Å². The Morgan fingerprint density at radius 1 is 1.31 bits per heavy atom. The Morgan fingerprint density at radius 2 is 1.94 bits per heavy atom. The molecule has 0 aromatic carbocycles. The van der Waals surface area contributed by atoms with Gasteiger partial charge in [-0.15, -0.1) is 0 Å². The maximum atomic E-state index is 10.7. The van der Waals surface area contributed by atoms with Gasteiger partial charge in [0, 0.05) is 6.07 Å². The lowest BCUT2D eigenvalue weighted by Crippen LogP contribution is -2.05. The molecular weight excluding hydrogens is 251 g/mol. The fourth-order valence-corrected chi connectivity index (χ4v) is 1.63. The molecule has 0 unspecified atom stereocenters. The number of halogens is 2. The van der Waals surface area contributed by atoms with Crippen molar-refractivity contribution in [2.45, 2.75) is 6.92 Å². The zero-order valence-corrected chi connectivity index (χ0v) is 9.70. The van der Waals surface area contributed by atoms with Gasteiger partial charge in [-0.25, -0.2) is 4.68 Å². The summed E-state index contributed by atoms with van der Waals surface area (Å²) in [7, 11) is 0. The molecule has 0 spiro atoms. The minimum absolute atomic E-state index is 0.220. The van der Waals surface area contributed by atoms with E-state index in [1.807, 2.05) is 0 Å². The average molecular weight is 257 g/mol. The third-order valence-electron chi connectivity index (χ3n) is 2.02. The number of carbonyl (C=O) groups is 1. The van der Waals surface area contributed by atoms with Gasteiger partial charge in [0.15, 0.2) is 6.29 Å². The Kier molecular flexibility index (Phi) is 2.89. The molecule has 2 aromatic rings. The first kappa shape index (κ1) is 11.0. The fraction of sp³-hybridized carbons (Fsp3) is 0.111. The van der Waals surface area contributed by atoms with E-state index in [9.17, 15) is 4.79 Å². The molecule has 0 saturated heterocycles. The van der Waals surface area contributed by atoms with Gasteiger partial charge in [0.2, 0.25) is 0 Å². The van der Waals surface area contributed by atoms with Gasteiger partial charge in [0.05, 0.1) is 17.5 Å². The van der Waals surface area contributed by atoms with Gasteiger partial charge in [-0.2, -0.15) is 15.1 Å². The highest BCUT2D eigenvalue weighted by Crippen LogP contribution is 2.15. The predicted molar refractivity (Wildman–Crippen MR) is 59.3 cm³/mol. The van der Waals surface area contributed by atoms with Crippen molar-refractivity contribution >= 4 is 29.5 Å². The molecule has 0 radical (unpaired) electrons. The van der Waals surface area contributed by atoms with Crippen molar-refractivity contribution in [2.24, 2.45) is 0 Å².